The van der Waals surface area contributed by atoms with Gasteiger partial charge in [-0.25, -0.2) is 14.6 Å². The number of fused-ring (bicyclic) bond motifs is 1. The minimum Gasteiger partial charge on any atom is -0.388 e. The molecule has 0 aliphatic carbocycles. The normalized spacial score (nSPS) is 31.2. The van der Waals surface area contributed by atoms with Gasteiger partial charge in [0.05, 0.1) is 11.5 Å². The second kappa shape index (κ2) is 4.51. The van der Waals surface area contributed by atoms with Crippen molar-refractivity contribution in [1.82, 2.24) is 19.7 Å². The van der Waals surface area contributed by atoms with Crippen molar-refractivity contribution in [3.63, 3.8) is 0 Å². The van der Waals surface area contributed by atoms with Crippen LogP contribution in [0.15, 0.2) is 6.33 Å². The third kappa shape index (κ3) is 1.88. The van der Waals surface area contributed by atoms with Crippen LogP contribution >= 0.6 is 22.6 Å². The lowest BCUT2D eigenvalue weighted by molar-refractivity contribution is -0.0374. The minimum absolute atomic E-state index is 0.321. The van der Waals surface area contributed by atoms with Crippen LogP contribution in [0.3, 0.4) is 0 Å². The summed E-state index contributed by atoms with van der Waals surface area (Å²) in [4.78, 5) is 8.04. The fourth-order valence-electron chi connectivity index (χ4n) is 2.16. The quantitative estimate of drug-likeness (QED) is 0.582. The lowest BCUT2D eigenvalue weighted by Gasteiger charge is -2.15. The summed E-state index contributed by atoms with van der Waals surface area (Å²) in [6, 6.07) is 0. The number of nitrogen functional groups attached to an aromatic ring is 1. The maximum Gasteiger partial charge on any atom is 0.181 e. The molecule has 0 saturated carbocycles. The highest BCUT2D eigenvalue weighted by molar-refractivity contribution is 14.1. The van der Waals surface area contributed by atoms with E-state index in [4.69, 9.17) is 10.5 Å². The molecule has 0 bridgehead atoms. The van der Waals surface area contributed by atoms with Crippen LogP contribution in [-0.4, -0.2) is 48.3 Å². The number of nitrogens with zero attached hydrogens (tertiary/aromatic N) is 4. The van der Waals surface area contributed by atoms with Gasteiger partial charge >= 0.3 is 0 Å². The van der Waals surface area contributed by atoms with Gasteiger partial charge in [0.2, 0.25) is 0 Å². The number of halogens is 1. The number of anilines is 1. The summed E-state index contributed by atoms with van der Waals surface area (Å²) >= 11 is 2.02. The van der Waals surface area contributed by atoms with Crippen LogP contribution < -0.4 is 5.73 Å². The number of rotatable bonds is 1. The lowest BCUT2D eigenvalue weighted by atomic mass is 10.1. The number of aliphatic hydroxyl groups is 2. The van der Waals surface area contributed by atoms with E-state index in [1.165, 1.54) is 11.0 Å². The monoisotopic (exact) mass is 377 g/mol. The zero-order valence-corrected chi connectivity index (χ0v) is 12.1. The van der Waals surface area contributed by atoms with Crippen LogP contribution in [0, 0.1) is 3.70 Å². The Morgan fingerprint density at radius 1 is 1.37 bits per heavy atom. The average molecular weight is 377 g/mol. The molecule has 0 spiro atoms. The number of aromatic nitrogens is 4. The van der Waals surface area contributed by atoms with Crippen LogP contribution in [0.25, 0.3) is 11.0 Å². The van der Waals surface area contributed by atoms with Gasteiger partial charge in [-0.3, -0.25) is 0 Å². The summed E-state index contributed by atoms with van der Waals surface area (Å²) in [5.74, 6) is 0.321. The van der Waals surface area contributed by atoms with E-state index in [0.717, 1.165) is 0 Å². The fraction of sp³-hybridized carbons (Fsp3) is 0.500. The smallest absolute Gasteiger partial charge is 0.181 e. The Labute approximate surface area is 121 Å². The van der Waals surface area contributed by atoms with E-state index < -0.39 is 24.5 Å². The molecule has 0 aromatic carbocycles. The molecule has 0 radical (unpaired) electrons. The molecule has 19 heavy (non-hydrogen) atoms. The molecule has 2 aromatic rings. The molecule has 8 nitrogen and oxygen atoms in total. The summed E-state index contributed by atoms with van der Waals surface area (Å²) in [6.45, 7) is 1.69. The van der Waals surface area contributed by atoms with Crippen molar-refractivity contribution < 1.29 is 14.9 Å². The predicted octanol–water partition coefficient (Wildman–Crippen LogP) is -0.348. The molecule has 1 saturated heterocycles. The highest BCUT2D eigenvalue weighted by Crippen LogP contribution is 2.32. The molecule has 1 aliphatic rings. The third-order valence-corrected chi connectivity index (χ3v) is 3.95. The van der Waals surface area contributed by atoms with Crippen molar-refractivity contribution in [2.45, 2.75) is 31.5 Å². The van der Waals surface area contributed by atoms with Crippen molar-refractivity contribution in [3.8, 4) is 0 Å². The zero-order chi connectivity index (χ0) is 13.7. The first-order valence-corrected chi connectivity index (χ1v) is 6.74. The van der Waals surface area contributed by atoms with Gasteiger partial charge in [-0.05, 0) is 29.5 Å². The van der Waals surface area contributed by atoms with E-state index in [9.17, 15) is 10.2 Å². The maximum absolute atomic E-state index is 10.0. The molecule has 4 atom stereocenters. The maximum atomic E-state index is 10.0. The van der Waals surface area contributed by atoms with Crippen molar-refractivity contribution >= 4 is 39.4 Å². The van der Waals surface area contributed by atoms with Crippen molar-refractivity contribution in [3.05, 3.63) is 10.0 Å². The van der Waals surface area contributed by atoms with Crippen LogP contribution in [-0.2, 0) is 4.74 Å². The van der Waals surface area contributed by atoms with E-state index in [1.807, 2.05) is 22.6 Å². The Morgan fingerprint density at radius 3 is 2.74 bits per heavy atom. The molecular weight excluding hydrogens is 365 g/mol. The summed E-state index contributed by atoms with van der Waals surface area (Å²) < 4.78 is 7.59. The number of nitrogens with two attached hydrogens (primary N) is 1. The van der Waals surface area contributed by atoms with Crippen molar-refractivity contribution in [1.29, 1.82) is 0 Å². The fourth-order valence-corrected chi connectivity index (χ4v) is 2.91. The van der Waals surface area contributed by atoms with Crippen molar-refractivity contribution in [2.24, 2.45) is 0 Å². The van der Waals surface area contributed by atoms with Crippen LogP contribution in [0.4, 0.5) is 5.82 Å². The Balaban J connectivity index is 2.14. The van der Waals surface area contributed by atoms with Gasteiger partial charge in [0, 0.05) is 0 Å². The number of hydrogen-bond donors (Lipinski definition) is 3. The summed E-state index contributed by atoms with van der Waals surface area (Å²) in [5.41, 5.74) is 6.27. The van der Waals surface area contributed by atoms with Gasteiger partial charge in [-0.1, -0.05) is 0 Å². The van der Waals surface area contributed by atoms with E-state index in [-0.39, 0.29) is 0 Å². The van der Waals surface area contributed by atoms with Gasteiger partial charge in [0.15, 0.2) is 11.9 Å². The molecule has 0 amide bonds. The molecular formula is C10H12IN5O3. The average Bonchev–Trinajstić information content (AvgIpc) is 2.83. The Kier molecular flexibility index (Phi) is 3.08. The Hall–Kier alpha value is -1.04. The lowest BCUT2D eigenvalue weighted by Crippen LogP contribution is -2.30. The molecule has 3 heterocycles. The molecule has 1 unspecified atom stereocenters. The number of ether oxygens (including phenoxy) is 1. The van der Waals surface area contributed by atoms with Gasteiger partial charge in [0.25, 0.3) is 0 Å². The van der Waals surface area contributed by atoms with Crippen molar-refractivity contribution in [2.75, 3.05) is 5.73 Å². The van der Waals surface area contributed by atoms with Gasteiger partial charge in [0.1, 0.15) is 28.1 Å². The number of hydrogen-bond acceptors (Lipinski definition) is 7. The molecule has 1 fully saturated rings. The van der Waals surface area contributed by atoms with Crippen LogP contribution in [0.5, 0.6) is 0 Å². The first-order valence-electron chi connectivity index (χ1n) is 5.66. The number of aliphatic hydroxyl groups excluding tert-OH is 2. The molecule has 102 valence electrons. The highest BCUT2D eigenvalue weighted by Gasteiger charge is 2.42. The summed E-state index contributed by atoms with van der Waals surface area (Å²) in [7, 11) is 0. The predicted molar refractivity (Wildman–Crippen MR) is 74.0 cm³/mol. The second-order valence-electron chi connectivity index (χ2n) is 4.41. The zero-order valence-electron chi connectivity index (χ0n) is 9.93. The molecule has 3 rings (SSSR count). The topological polar surface area (TPSA) is 119 Å². The largest absolute Gasteiger partial charge is 0.388 e. The third-order valence-electron chi connectivity index (χ3n) is 3.19. The van der Waals surface area contributed by atoms with E-state index in [1.54, 1.807) is 6.92 Å². The van der Waals surface area contributed by atoms with Crippen LogP contribution in [0.2, 0.25) is 0 Å². The molecule has 9 heteroatoms. The molecule has 2 aromatic heterocycles. The second-order valence-corrected chi connectivity index (χ2v) is 5.43. The van der Waals surface area contributed by atoms with Crippen LogP contribution in [0.1, 0.15) is 13.2 Å². The van der Waals surface area contributed by atoms with E-state index in [0.29, 0.717) is 20.6 Å². The van der Waals surface area contributed by atoms with Gasteiger partial charge < -0.3 is 20.7 Å². The summed E-state index contributed by atoms with van der Waals surface area (Å²) in [6.07, 6.45) is -1.96. The SMILES string of the molecule is C[C@H]1OC(n2nc(I)c3c(N)ncnc32)[C@H](O)[C@@H]1O. The minimum atomic E-state index is -1.06. The first kappa shape index (κ1) is 13.0. The van der Waals surface area contributed by atoms with E-state index in [2.05, 4.69) is 15.1 Å². The Morgan fingerprint density at radius 2 is 2.11 bits per heavy atom. The standard InChI is InChI=1S/C10H12IN5O3/c1-3-5(17)6(18)10(19-3)16-9-4(7(11)15-16)8(12)13-2-14-9/h2-3,5-6,10,17-18H,1H3,(H2,12,13,14)/t3-,5-,6-,10?/m1/s1. The summed E-state index contributed by atoms with van der Waals surface area (Å²) in [5, 5.41) is 24.7. The molecule has 4 N–H and O–H groups in total. The Bertz CT molecular complexity index is 633. The molecule has 1 aliphatic heterocycles. The van der Waals surface area contributed by atoms with Gasteiger partial charge in [-0.2, -0.15) is 5.10 Å². The van der Waals surface area contributed by atoms with E-state index >= 15 is 0 Å². The first-order chi connectivity index (χ1) is 9.00. The van der Waals surface area contributed by atoms with Gasteiger partial charge in [-0.15, -0.1) is 0 Å². The highest BCUT2D eigenvalue weighted by atomic mass is 127.